The molecule has 0 spiro atoms. The Morgan fingerprint density at radius 2 is 2.38 bits per heavy atom. The van der Waals surface area contributed by atoms with Crippen LogP contribution in [0.15, 0.2) is 18.7 Å². The Bertz CT molecular complexity index is 328. The molecule has 0 radical (unpaired) electrons. The van der Waals surface area contributed by atoms with Crippen molar-refractivity contribution in [2.24, 2.45) is 7.05 Å². The number of aromatic nitrogens is 2. The van der Waals surface area contributed by atoms with Gasteiger partial charge >= 0.3 is 0 Å². The van der Waals surface area contributed by atoms with E-state index in [1.54, 1.807) is 0 Å². The largest absolute Gasteiger partial charge is 0.309 e. The number of allylic oxidation sites excluding steroid dienone is 1. The fourth-order valence-corrected chi connectivity index (χ4v) is 1.91. The molecule has 3 heteroatoms. The third-order valence-electron chi connectivity index (χ3n) is 2.70. The van der Waals surface area contributed by atoms with Crippen molar-refractivity contribution in [3.05, 3.63) is 30.1 Å². The van der Waals surface area contributed by atoms with Crippen LogP contribution < -0.4 is 5.32 Å². The van der Waals surface area contributed by atoms with Crippen LogP contribution in [0.4, 0.5) is 0 Å². The number of nitrogens with one attached hydrogen (secondary N) is 1. The van der Waals surface area contributed by atoms with Crippen LogP contribution in [0.5, 0.6) is 0 Å². The number of hydrogen-bond donors (Lipinski definition) is 1. The maximum Gasteiger partial charge on any atom is 0.0597 e. The molecule has 1 aromatic heterocycles. The molecule has 0 aliphatic rings. The second-order valence-electron chi connectivity index (χ2n) is 4.21. The van der Waals surface area contributed by atoms with Crippen LogP contribution in [-0.2, 0) is 7.05 Å². The first-order valence-corrected chi connectivity index (χ1v) is 6.03. The van der Waals surface area contributed by atoms with E-state index in [0.717, 1.165) is 31.5 Å². The first-order valence-electron chi connectivity index (χ1n) is 6.03. The lowest BCUT2D eigenvalue weighted by atomic mass is 10.1. The van der Waals surface area contributed by atoms with E-state index in [2.05, 4.69) is 30.0 Å². The van der Waals surface area contributed by atoms with Crippen LogP contribution in [0, 0.1) is 6.92 Å². The van der Waals surface area contributed by atoms with Crippen molar-refractivity contribution < 1.29 is 0 Å². The zero-order chi connectivity index (χ0) is 12.0. The molecule has 1 aromatic rings. The lowest BCUT2D eigenvalue weighted by Crippen LogP contribution is -2.24. The molecule has 0 aromatic carbocycles. The number of nitrogens with zero attached hydrogens (tertiary/aromatic N) is 2. The van der Waals surface area contributed by atoms with Crippen molar-refractivity contribution >= 4 is 0 Å². The molecule has 1 heterocycles. The van der Waals surface area contributed by atoms with Crippen LogP contribution in [0.25, 0.3) is 0 Å². The maximum absolute atomic E-state index is 4.40. The molecule has 0 bridgehead atoms. The predicted molar refractivity (Wildman–Crippen MR) is 68.4 cm³/mol. The van der Waals surface area contributed by atoms with E-state index in [0.29, 0.717) is 6.04 Å². The molecule has 0 amide bonds. The predicted octanol–water partition coefficient (Wildman–Crippen LogP) is 2.74. The average molecular weight is 221 g/mol. The van der Waals surface area contributed by atoms with Gasteiger partial charge in [-0.1, -0.05) is 13.0 Å². The van der Waals surface area contributed by atoms with Crippen LogP contribution in [0.3, 0.4) is 0 Å². The zero-order valence-electron chi connectivity index (χ0n) is 10.7. The quantitative estimate of drug-likeness (QED) is 0.717. The summed E-state index contributed by atoms with van der Waals surface area (Å²) in [6, 6.07) is 2.56. The van der Waals surface area contributed by atoms with Gasteiger partial charge in [-0.05, 0) is 38.8 Å². The molecule has 1 N–H and O–H groups in total. The van der Waals surface area contributed by atoms with Gasteiger partial charge in [-0.3, -0.25) is 4.68 Å². The topological polar surface area (TPSA) is 29.9 Å². The van der Waals surface area contributed by atoms with Gasteiger partial charge in [-0.25, -0.2) is 0 Å². The molecule has 3 nitrogen and oxygen atoms in total. The first kappa shape index (κ1) is 13.0. The van der Waals surface area contributed by atoms with E-state index < -0.39 is 0 Å². The van der Waals surface area contributed by atoms with Crippen molar-refractivity contribution in [1.82, 2.24) is 15.1 Å². The Balaban J connectivity index is 2.73. The summed E-state index contributed by atoms with van der Waals surface area (Å²) in [5.74, 6) is 0. The summed E-state index contributed by atoms with van der Waals surface area (Å²) in [5, 5.41) is 7.97. The fourth-order valence-electron chi connectivity index (χ4n) is 1.91. The molecular weight excluding hydrogens is 198 g/mol. The molecule has 0 fully saturated rings. The summed E-state index contributed by atoms with van der Waals surface area (Å²) in [6.07, 6.45) is 5.25. The Morgan fingerprint density at radius 3 is 2.88 bits per heavy atom. The highest BCUT2D eigenvalue weighted by Gasteiger charge is 2.14. The second kappa shape index (κ2) is 6.48. The van der Waals surface area contributed by atoms with Crippen LogP contribution in [0.2, 0.25) is 0 Å². The zero-order valence-corrected chi connectivity index (χ0v) is 10.7. The van der Waals surface area contributed by atoms with Crippen molar-refractivity contribution in [1.29, 1.82) is 0 Å². The minimum atomic E-state index is 0.393. The van der Waals surface area contributed by atoms with Crippen molar-refractivity contribution in [3.8, 4) is 0 Å². The molecule has 90 valence electrons. The summed E-state index contributed by atoms with van der Waals surface area (Å²) < 4.78 is 1.98. The monoisotopic (exact) mass is 221 g/mol. The smallest absolute Gasteiger partial charge is 0.0597 e. The molecule has 0 aliphatic heterocycles. The van der Waals surface area contributed by atoms with Gasteiger partial charge in [0.05, 0.1) is 11.4 Å². The summed E-state index contributed by atoms with van der Waals surface area (Å²) in [5.41, 5.74) is 2.35. The van der Waals surface area contributed by atoms with E-state index in [1.165, 1.54) is 5.69 Å². The van der Waals surface area contributed by atoms with Crippen molar-refractivity contribution in [2.45, 2.75) is 39.2 Å². The van der Waals surface area contributed by atoms with Gasteiger partial charge in [0.25, 0.3) is 0 Å². The number of aryl methyl sites for hydroxylation is 2. The van der Waals surface area contributed by atoms with E-state index >= 15 is 0 Å². The van der Waals surface area contributed by atoms with Gasteiger partial charge in [0.15, 0.2) is 0 Å². The lowest BCUT2D eigenvalue weighted by molar-refractivity contribution is 0.471. The van der Waals surface area contributed by atoms with Gasteiger partial charge in [0.1, 0.15) is 0 Å². The van der Waals surface area contributed by atoms with Gasteiger partial charge in [0, 0.05) is 13.1 Å². The standard InChI is InChI=1S/C13H23N3/c1-5-7-8-12(14-9-6-2)13-10-11(3)15-16(13)4/h5,10,12,14H,1,6-9H2,2-4H3. The normalized spacial score (nSPS) is 12.7. The average Bonchev–Trinajstić information content (AvgIpc) is 2.58. The third-order valence-corrected chi connectivity index (χ3v) is 2.70. The van der Waals surface area contributed by atoms with Gasteiger partial charge in [-0.15, -0.1) is 6.58 Å². The van der Waals surface area contributed by atoms with E-state index in [-0.39, 0.29) is 0 Å². The lowest BCUT2D eigenvalue weighted by Gasteiger charge is -2.17. The minimum absolute atomic E-state index is 0.393. The molecule has 16 heavy (non-hydrogen) atoms. The highest BCUT2D eigenvalue weighted by molar-refractivity contribution is 5.13. The summed E-state index contributed by atoms with van der Waals surface area (Å²) in [4.78, 5) is 0. The van der Waals surface area contributed by atoms with Crippen molar-refractivity contribution in [3.63, 3.8) is 0 Å². The Kier molecular flexibility index (Phi) is 5.26. The van der Waals surface area contributed by atoms with Crippen LogP contribution in [0.1, 0.15) is 43.6 Å². The molecule has 0 saturated carbocycles. The van der Waals surface area contributed by atoms with E-state index in [9.17, 15) is 0 Å². The SMILES string of the molecule is C=CCCC(NCCC)c1cc(C)nn1C. The Hall–Kier alpha value is -1.09. The highest BCUT2D eigenvalue weighted by Crippen LogP contribution is 2.19. The van der Waals surface area contributed by atoms with Crippen LogP contribution in [-0.4, -0.2) is 16.3 Å². The number of hydrogen-bond acceptors (Lipinski definition) is 2. The number of rotatable bonds is 7. The molecule has 0 saturated heterocycles. The summed E-state index contributed by atoms with van der Waals surface area (Å²) in [7, 11) is 2.01. The third kappa shape index (κ3) is 3.49. The molecule has 0 aliphatic carbocycles. The first-order chi connectivity index (χ1) is 7.69. The highest BCUT2D eigenvalue weighted by atomic mass is 15.3. The van der Waals surface area contributed by atoms with Gasteiger partial charge < -0.3 is 5.32 Å². The molecule has 1 atom stereocenters. The van der Waals surface area contributed by atoms with Crippen LogP contribution >= 0.6 is 0 Å². The van der Waals surface area contributed by atoms with E-state index in [1.807, 2.05) is 24.7 Å². The summed E-state index contributed by atoms with van der Waals surface area (Å²) >= 11 is 0. The Morgan fingerprint density at radius 1 is 1.62 bits per heavy atom. The maximum atomic E-state index is 4.40. The van der Waals surface area contributed by atoms with Gasteiger partial charge in [0.2, 0.25) is 0 Å². The summed E-state index contributed by atoms with van der Waals surface area (Å²) in [6.45, 7) is 9.05. The second-order valence-corrected chi connectivity index (χ2v) is 4.21. The van der Waals surface area contributed by atoms with Crippen molar-refractivity contribution in [2.75, 3.05) is 6.54 Å². The fraction of sp³-hybridized carbons (Fsp3) is 0.615. The molecular formula is C13H23N3. The minimum Gasteiger partial charge on any atom is -0.309 e. The molecule has 1 unspecified atom stereocenters. The van der Waals surface area contributed by atoms with Gasteiger partial charge in [-0.2, -0.15) is 5.10 Å². The van der Waals surface area contributed by atoms with E-state index in [4.69, 9.17) is 0 Å². The molecule has 1 rings (SSSR count). The Labute approximate surface area is 98.5 Å².